The highest BCUT2D eigenvalue weighted by Crippen LogP contribution is 2.43. The van der Waals surface area contributed by atoms with E-state index in [-0.39, 0.29) is 0 Å². The second-order valence-corrected chi connectivity index (χ2v) is 29.3. The molecule has 0 saturated carbocycles. The molecule has 0 N–H and O–H groups in total. The Labute approximate surface area is 653 Å². The van der Waals surface area contributed by atoms with E-state index in [2.05, 4.69) is 416 Å². The van der Waals surface area contributed by atoms with Gasteiger partial charge in [0.15, 0.2) is 0 Å². The minimum atomic E-state index is 0.894. The number of rotatable bonds is 7. The summed E-state index contributed by atoms with van der Waals surface area (Å²) in [5.74, 6) is 0. The van der Waals surface area contributed by atoms with Gasteiger partial charge in [-0.2, -0.15) is 0 Å². The van der Waals surface area contributed by atoms with Crippen molar-refractivity contribution in [2.24, 2.45) is 0 Å². The Kier molecular flexibility index (Phi) is 14.8. The molecule has 0 spiro atoms. The Morgan fingerprint density at radius 2 is 0.377 bits per heavy atom. The number of benzene rings is 15. The number of pyridine rings is 4. The fourth-order valence-corrected chi connectivity index (χ4v) is 17.8. The summed E-state index contributed by atoms with van der Waals surface area (Å²) in [7, 11) is 0. The molecular formula is C104H66N10. The fraction of sp³-hybridized carbons (Fsp3) is 0. The Balaban J connectivity index is 0.000000102. The maximum Gasteiger partial charge on any atom is 0.0972 e. The van der Waals surface area contributed by atoms with E-state index in [1.807, 2.05) is 12.1 Å². The second-order valence-electron chi connectivity index (χ2n) is 29.3. The molecule has 532 valence electrons. The number of hydrogen-bond donors (Lipinski definition) is 0. The molecule has 0 amide bonds. The first kappa shape index (κ1) is 64.5. The Bertz CT molecular complexity index is 7530. The molecule has 10 nitrogen and oxygen atoms in total. The third-order valence-corrected chi connectivity index (χ3v) is 22.8. The van der Waals surface area contributed by atoms with E-state index in [1.54, 1.807) is 0 Å². The van der Waals surface area contributed by atoms with Crippen LogP contribution in [0, 0.1) is 0 Å². The second kappa shape index (κ2) is 26.1. The zero-order chi connectivity index (χ0) is 74.9. The van der Waals surface area contributed by atoms with Gasteiger partial charge in [0.1, 0.15) is 0 Å². The molecule has 25 rings (SSSR count). The number of fused-ring (bicyclic) bond motifs is 21. The maximum absolute atomic E-state index is 5.35. The van der Waals surface area contributed by atoms with Gasteiger partial charge in [-0.15, -0.1) is 0 Å². The maximum atomic E-state index is 5.35. The highest BCUT2D eigenvalue weighted by atomic mass is 15.0. The van der Waals surface area contributed by atoms with Crippen molar-refractivity contribution in [1.82, 2.24) is 47.3 Å². The largest absolute Gasteiger partial charge is 0.309 e. The number of para-hydroxylation sites is 11. The van der Waals surface area contributed by atoms with Crippen molar-refractivity contribution in [3.8, 4) is 45.3 Å². The lowest BCUT2D eigenvalue weighted by Gasteiger charge is -2.11. The molecule has 10 heteroatoms. The van der Waals surface area contributed by atoms with Crippen LogP contribution in [0.1, 0.15) is 0 Å². The van der Waals surface area contributed by atoms with Crippen molar-refractivity contribution in [3.05, 3.63) is 400 Å². The van der Waals surface area contributed by atoms with Crippen molar-refractivity contribution in [3.63, 3.8) is 0 Å². The van der Waals surface area contributed by atoms with E-state index in [4.69, 9.17) is 19.9 Å². The zero-order valence-electron chi connectivity index (χ0n) is 61.6. The summed E-state index contributed by atoms with van der Waals surface area (Å²) in [5.41, 5.74) is 30.8. The average molecular weight is 1460 g/mol. The first-order valence-corrected chi connectivity index (χ1v) is 38.7. The molecule has 0 radical (unpaired) electrons. The van der Waals surface area contributed by atoms with Gasteiger partial charge in [-0.05, 0) is 169 Å². The summed E-state index contributed by atoms with van der Waals surface area (Å²) in [6, 6.07) is 142. The van der Waals surface area contributed by atoms with Gasteiger partial charge in [0.25, 0.3) is 0 Å². The first-order valence-electron chi connectivity index (χ1n) is 38.7. The van der Waals surface area contributed by atoms with Crippen molar-refractivity contribution in [2.45, 2.75) is 0 Å². The number of hydrogen-bond acceptors (Lipinski definition) is 4. The van der Waals surface area contributed by atoms with E-state index in [1.165, 1.54) is 65.6 Å². The molecule has 15 aromatic carbocycles. The van der Waals surface area contributed by atoms with Crippen LogP contribution < -0.4 is 0 Å². The third kappa shape index (κ3) is 10.3. The van der Waals surface area contributed by atoms with Crippen molar-refractivity contribution in [2.75, 3.05) is 0 Å². The summed E-state index contributed by atoms with van der Waals surface area (Å²) in [6.45, 7) is 0. The van der Waals surface area contributed by atoms with Crippen LogP contribution in [-0.2, 0) is 0 Å². The van der Waals surface area contributed by atoms with Crippen LogP contribution in [0.3, 0.4) is 0 Å². The van der Waals surface area contributed by atoms with E-state index in [9.17, 15) is 0 Å². The molecule has 0 aliphatic carbocycles. The van der Waals surface area contributed by atoms with Crippen molar-refractivity contribution >= 4 is 164 Å². The van der Waals surface area contributed by atoms with Crippen molar-refractivity contribution < 1.29 is 0 Å². The lowest BCUT2D eigenvalue weighted by Crippen LogP contribution is -1.95. The predicted molar refractivity (Wildman–Crippen MR) is 474 cm³/mol. The van der Waals surface area contributed by atoms with E-state index in [0.717, 1.165) is 144 Å². The van der Waals surface area contributed by atoms with Gasteiger partial charge in [-0.25, -0.2) is 19.9 Å². The van der Waals surface area contributed by atoms with Crippen LogP contribution in [0.15, 0.2) is 400 Å². The molecule has 0 unspecified atom stereocenters. The van der Waals surface area contributed by atoms with Crippen LogP contribution in [-0.4, -0.2) is 47.3 Å². The molecule has 0 bridgehead atoms. The van der Waals surface area contributed by atoms with Crippen LogP contribution in [0.2, 0.25) is 0 Å². The van der Waals surface area contributed by atoms with Gasteiger partial charge in [-0.3, -0.25) is 0 Å². The van der Waals surface area contributed by atoms with Gasteiger partial charge >= 0.3 is 0 Å². The predicted octanol–water partition coefficient (Wildman–Crippen LogP) is 26.3. The summed E-state index contributed by atoms with van der Waals surface area (Å²) < 4.78 is 14.0. The Morgan fingerprint density at radius 1 is 0.140 bits per heavy atom. The fourth-order valence-electron chi connectivity index (χ4n) is 17.8. The highest BCUT2D eigenvalue weighted by Gasteiger charge is 2.23. The lowest BCUT2D eigenvalue weighted by atomic mass is 10.1. The SMILES string of the molecule is c1ccc(-c2cccc(-n3c4ccccc4c4nc5cc6c(cc5cc43)c3ccccc3n6-c3ccccc3)c2)cc1.c1ccc(-n2c3ccccc3c3cc4cc5c(nc4cc32)c2ccccc2n5-c2ccccc2)cc1.c1ccc(-n2c3ccccc3c3nc4cc5c(nc4cc32)c2ccccc2n5-c2ccccc2)cc1. The average Bonchev–Trinajstić information content (AvgIpc) is 1.57. The zero-order valence-corrected chi connectivity index (χ0v) is 61.6. The monoisotopic (exact) mass is 1450 g/mol. The van der Waals surface area contributed by atoms with Crippen LogP contribution in [0.5, 0.6) is 0 Å². The van der Waals surface area contributed by atoms with E-state index < -0.39 is 0 Å². The quantitative estimate of drug-likeness (QED) is 0.159. The number of nitrogens with zero attached hydrogens (tertiary/aromatic N) is 10. The molecule has 25 aromatic rings. The van der Waals surface area contributed by atoms with Gasteiger partial charge in [0, 0.05) is 88.0 Å². The van der Waals surface area contributed by atoms with Gasteiger partial charge in [0.2, 0.25) is 0 Å². The summed E-state index contributed by atoms with van der Waals surface area (Å²) >= 11 is 0. The molecule has 0 aliphatic rings. The minimum absolute atomic E-state index is 0.894. The molecule has 0 saturated heterocycles. The Morgan fingerprint density at radius 3 is 0.719 bits per heavy atom. The normalized spacial score (nSPS) is 11.9. The molecule has 0 aliphatic heterocycles. The van der Waals surface area contributed by atoms with Gasteiger partial charge in [0.05, 0.1) is 110 Å². The molecule has 10 heterocycles. The first-order chi connectivity index (χ1) is 56.6. The Hall–Kier alpha value is -15.5. The summed E-state index contributed by atoms with van der Waals surface area (Å²) in [5, 5.41) is 11.9. The van der Waals surface area contributed by atoms with E-state index in [0.29, 0.717) is 0 Å². The minimum Gasteiger partial charge on any atom is -0.309 e. The molecule has 0 atom stereocenters. The molecular weight excluding hydrogens is 1390 g/mol. The standard InChI is InChI=1S/C39H25N3.C33H21N3.C32H20N4/c1-3-12-26(13-4-1)27-14-11-17-30(22-27)42-36-21-10-8-19-32(36)39-38(42)24-28-23-33-31-18-7-9-20-35(31)41(29-15-5-2-6-16-29)37(33)25-34(28)40-39;1-3-11-23(12-4-1)35-29-17-9-7-15-25(29)27-19-22-20-32-33(34-28(22)21-31(27)35)26-16-8-10-18-30(26)36(32)24-13-5-2-6-14-24;1-3-11-21(12-4-1)35-27-17-9-7-15-23(27)31-29(35)19-25-26(33-31)20-30-32(34-25)24-16-8-10-18-28(24)36(30)22-13-5-2-6-14-22/h1-25H;1-21H;1-20H. The molecule has 114 heavy (non-hydrogen) atoms. The number of aromatic nitrogens is 10. The van der Waals surface area contributed by atoms with Gasteiger partial charge in [-0.1, -0.05) is 243 Å². The van der Waals surface area contributed by atoms with Crippen molar-refractivity contribution in [1.29, 1.82) is 0 Å². The van der Waals surface area contributed by atoms with Gasteiger partial charge < -0.3 is 27.4 Å². The lowest BCUT2D eigenvalue weighted by molar-refractivity contribution is 1.17. The van der Waals surface area contributed by atoms with Crippen LogP contribution in [0.4, 0.5) is 0 Å². The smallest absolute Gasteiger partial charge is 0.0972 e. The van der Waals surface area contributed by atoms with Crippen LogP contribution in [0.25, 0.3) is 209 Å². The molecule has 10 aromatic heterocycles. The molecule has 0 fully saturated rings. The summed E-state index contributed by atoms with van der Waals surface area (Å²) in [4.78, 5) is 21.0. The van der Waals surface area contributed by atoms with E-state index >= 15 is 0 Å². The third-order valence-electron chi connectivity index (χ3n) is 22.8. The summed E-state index contributed by atoms with van der Waals surface area (Å²) in [6.07, 6.45) is 0. The van der Waals surface area contributed by atoms with Crippen LogP contribution >= 0.6 is 0 Å². The highest BCUT2D eigenvalue weighted by molar-refractivity contribution is 6.19. The topological polar surface area (TPSA) is 81.1 Å².